The third-order valence-corrected chi connectivity index (χ3v) is 4.68. The minimum absolute atomic E-state index is 0.0196. The lowest BCUT2D eigenvalue weighted by atomic mass is 10.0. The number of aromatic nitrogens is 1. The fourth-order valence-electron chi connectivity index (χ4n) is 3.16. The number of carbonyl (C=O) groups is 3. The van der Waals surface area contributed by atoms with Gasteiger partial charge in [0.15, 0.2) is 0 Å². The van der Waals surface area contributed by atoms with Crippen LogP contribution in [-0.4, -0.2) is 35.8 Å². The number of hydrogen-bond acceptors (Lipinski definition) is 7. The van der Waals surface area contributed by atoms with Gasteiger partial charge >= 0.3 is 24.1 Å². The van der Waals surface area contributed by atoms with Gasteiger partial charge in [-0.3, -0.25) is 9.59 Å². The maximum atomic E-state index is 12.9. The summed E-state index contributed by atoms with van der Waals surface area (Å²) in [5.74, 6) is -1.13. The molecule has 1 aliphatic rings. The molecule has 0 radical (unpaired) electrons. The summed E-state index contributed by atoms with van der Waals surface area (Å²) in [6, 6.07) is 2.70. The molecule has 1 unspecified atom stereocenters. The lowest BCUT2D eigenvalue weighted by molar-refractivity contribution is -0.145. The van der Waals surface area contributed by atoms with E-state index in [9.17, 15) is 32.3 Å². The molecule has 0 saturated heterocycles. The number of ether oxygens (including phenoxy) is 2. The van der Waals surface area contributed by atoms with E-state index in [4.69, 9.17) is 13.9 Å². The van der Waals surface area contributed by atoms with E-state index in [1.54, 1.807) is 26.0 Å². The Morgan fingerprint density at radius 3 is 2.50 bits per heavy atom. The number of urea groups is 1. The molecule has 0 saturated carbocycles. The van der Waals surface area contributed by atoms with Crippen molar-refractivity contribution in [1.82, 2.24) is 15.2 Å². The molecule has 0 spiro atoms. The smallest absolute Gasteiger partial charge is 0.417 e. The summed E-state index contributed by atoms with van der Waals surface area (Å²) in [7, 11) is 0. The maximum absolute atomic E-state index is 12.9. The van der Waals surface area contributed by atoms with Gasteiger partial charge in [-0.25, -0.2) is 9.59 Å². The van der Waals surface area contributed by atoms with E-state index >= 15 is 0 Å². The Balaban J connectivity index is 1.84. The van der Waals surface area contributed by atoms with Crippen molar-refractivity contribution in [3.63, 3.8) is 0 Å². The normalized spacial score (nSPS) is 16.0. The number of pyridine rings is 1. The summed E-state index contributed by atoms with van der Waals surface area (Å²) in [5, 5.41) is 4.89. The van der Waals surface area contributed by atoms with Crippen LogP contribution in [0.2, 0.25) is 0 Å². The van der Waals surface area contributed by atoms with Crippen LogP contribution in [0.3, 0.4) is 0 Å². The van der Waals surface area contributed by atoms with Crippen LogP contribution >= 0.6 is 0 Å². The van der Waals surface area contributed by atoms with Crippen LogP contribution in [0.25, 0.3) is 0 Å². The molecule has 0 fully saturated rings. The third kappa shape index (κ3) is 5.66. The maximum Gasteiger partial charge on any atom is 0.417 e. The van der Waals surface area contributed by atoms with E-state index in [2.05, 4.69) is 10.6 Å². The second-order valence-electron chi connectivity index (χ2n) is 7.13. The van der Waals surface area contributed by atoms with Crippen molar-refractivity contribution in [2.75, 3.05) is 13.2 Å². The fourth-order valence-corrected chi connectivity index (χ4v) is 3.16. The Bertz CT molecular complexity index is 1200. The molecule has 0 aliphatic carbocycles. The van der Waals surface area contributed by atoms with Crippen LogP contribution in [0.15, 0.2) is 50.9 Å². The number of amides is 2. The molecule has 10 nitrogen and oxygen atoms in total. The van der Waals surface area contributed by atoms with Crippen molar-refractivity contribution in [3.05, 3.63) is 69.2 Å². The number of esters is 2. The first-order valence-corrected chi connectivity index (χ1v) is 9.97. The van der Waals surface area contributed by atoms with Crippen LogP contribution in [0.4, 0.5) is 18.0 Å². The minimum Gasteiger partial charge on any atom is -0.464 e. The summed E-state index contributed by atoms with van der Waals surface area (Å²) in [6.07, 6.45) is -4.22. The zero-order chi connectivity index (χ0) is 25.0. The standard InChI is InChI=1S/C21H20F3N3O7/c1-3-32-19(30)17-13(25-20(31)26-18(17)14-6-4-11(2)34-14)10-33-16(29)9-27-8-12(21(22,23)24)5-7-15(27)28/h4-8,18H,3,9-10H2,1-2H3,(H2,25,26,31). The van der Waals surface area contributed by atoms with Gasteiger partial charge in [0.25, 0.3) is 5.56 Å². The van der Waals surface area contributed by atoms with Crippen molar-refractivity contribution in [2.45, 2.75) is 32.6 Å². The van der Waals surface area contributed by atoms with Gasteiger partial charge in [-0.1, -0.05) is 0 Å². The van der Waals surface area contributed by atoms with E-state index in [1.165, 1.54) is 0 Å². The Morgan fingerprint density at radius 2 is 1.88 bits per heavy atom. The highest BCUT2D eigenvalue weighted by molar-refractivity contribution is 5.95. The van der Waals surface area contributed by atoms with E-state index in [0.717, 1.165) is 0 Å². The molecule has 3 heterocycles. The van der Waals surface area contributed by atoms with Gasteiger partial charge in [-0.05, 0) is 32.0 Å². The molecule has 3 rings (SSSR count). The summed E-state index contributed by atoms with van der Waals surface area (Å²) < 4.78 is 54.8. The van der Waals surface area contributed by atoms with Crippen LogP contribution in [0.5, 0.6) is 0 Å². The topological polar surface area (TPSA) is 129 Å². The Hall–Kier alpha value is -4.03. The Labute approximate surface area is 190 Å². The van der Waals surface area contributed by atoms with Gasteiger partial charge < -0.3 is 29.1 Å². The lowest BCUT2D eigenvalue weighted by Gasteiger charge is -2.27. The van der Waals surface area contributed by atoms with Crippen LogP contribution in [0, 0.1) is 6.92 Å². The van der Waals surface area contributed by atoms with Crippen molar-refractivity contribution in [2.24, 2.45) is 0 Å². The van der Waals surface area contributed by atoms with Crippen LogP contribution in [0.1, 0.15) is 30.0 Å². The minimum atomic E-state index is -4.71. The summed E-state index contributed by atoms with van der Waals surface area (Å²) in [4.78, 5) is 48.9. The van der Waals surface area contributed by atoms with Crippen LogP contribution < -0.4 is 16.2 Å². The highest BCUT2D eigenvalue weighted by Gasteiger charge is 2.36. The molecule has 2 N–H and O–H groups in total. The number of furan rings is 1. The Morgan fingerprint density at radius 1 is 1.15 bits per heavy atom. The first-order valence-electron chi connectivity index (χ1n) is 9.97. The molecule has 1 atom stereocenters. The van der Waals surface area contributed by atoms with Gasteiger partial charge in [0.05, 0.1) is 23.4 Å². The average molecular weight is 483 g/mol. The fraction of sp³-hybridized carbons (Fsp3) is 0.333. The largest absolute Gasteiger partial charge is 0.464 e. The molecular formula is C21H20F3N3O7. The highest BCUT2D eigenvalue weighted by atomic mass is 19.4. The number of nitrogens with zero attached hydrogens (tertiary/aromatic N) is 1. The number of hydrogen-bond donors (Lipinski definition) is 2. The first kappa shape index (κ1) is 24.6. The summed E-state index contributed by atoms with van der Waals surface area (Å²) >= 11 is 0. The predicted octanol–water partition coefficient (Wildman–Crippen LogP) is 2.18. The monoisotopic (exact) mass is 483 g/mol. The number of halogens is 3. The Kier molecular flexibility index (Phi) is 7.13. The van der Waals surface area contributed by atoms with Crippen molar-refractivity contribution in [3.8, 4) is 0 Å². The number of nitrogens with one attached hydrogen (secondary N) is 2. The lowest BCUT2D eigenvalue weighted by Crippen LogP contribution is -2.47. The molecule has 2 aromatic heterocycles. The van der Waals surface area contributed by atoms with E-state index in [-0.39, 0.29) is 23.6 Å². The number of aryl methyl sites for hydroxylation is 1. The number of carbonyl (C=O) groups excluding carboxylic acids is 3. The molecule has 2 aromatic rings. The molecule has 1 aliphatic heterocycles. The highest BCUT2D eigenvalue weighted by Crippen LogP contribution is 2.30. The second kappa shape index (κ2) is 9.85. The van der Waals surface area contributed by atoms with Crippen molar-refractivity contribution >= 4 is 18.0 Å². The molecule has 13 heteroatoms. The van der Waals surface area contributed by atoms with Gasteiger partial charge in [0.1, 0.15) is 30.7 Å². The second-order valence-corrected chi connectivity index (χ2v) is 7.13. The molecule has 0 aromatic carbocycles. The summed E-state index contributed by atoms with van der Waals surface area (Å²) in [5.41, 5.74) is -2.15. The molecule has 34 heavy (non-hydrogen) atoms. The van der Waals surface area contributed by atoms with E-state index < -0.39 is 54.5 Å². The zero-order valence-corrected chi connectivity index (χ0v) is 18.0. The first-order chi connectivity index (χ1) is 16.0. The van der Waals surface area contributed by atoms with E-state index in [0.29, 0.717) is 28.7 Å². The molecule has 0 bridgehead atoms. The number of alkyl halides is 3. The van der Waals surface area contributed by atoms with Crippen LogP contribution in [-0.2, 0) is 31.8 Å². The third-order valence-electron chi connectivity index (χ3n) is 4.68. The van der Waals surface area contributed by atoms with Gasteiger partial charge in [-0.15, -0.1) is 0 Å². The van der Waals surface area contributed by atoms with E-state index in [1.807, 2.05) is 0 Å². The summed E-state index contributed by atoms with van der Waals surface area (Å²) in [6.45, 7) is 1.82. The van der Waals surface area contributed by atoms with Crippen molar-refractivity contribution < 1.29 is 41.4 Å². The van der Waals surface area contributed by atoms with Gasteiger partial charge in [0.2, 0.25) is 0 Å². The zero-order valence-electron chi connectivity index (χ0n) is 18.0. The quantitative estimate of drug-likeness (QED) is 0.578. The number of rotatable bonds is 7. The molecule has 182 valence electrons. The average Bonchev–Trinajstić information content (AvgIpc) is 3.19. The molecular weight excluding hydrogens is 463 g/mol. The predicted molar refractivity (Wildman–Crippen MR) is 108 cm³/mol. The molecule has 2 amide bonds. The van der Waals surface area contributed by atoms with Gasteiger partial charge in [-0.2, -0.15) is 13.2 Å². The van der Waals surface area contributed by atoms with Crippen molar-refractivity contribution in [1.29, 1.82) is 0 Å². The van der Waals surface area contributed by atoms with Gasteiger partial charge in [0, 0.05) is 12.3 Å². The SMILES string of the molecule is CCOC(=O)C1=C(COC(=O)Cn2cc(C(F)(F)F)ccc2=O)NC(=O)NC1c1ccc(C)o1.